The maximum absolute atomic E-state index is 5.55. The molecule has 2 fully saturated rings. The van der Waals surface area contributed by atoms with Gasteiger partial charge in [-0.2, -0.15) is 0 Å². The predicted molar refractivity (Wildman–Crippen MR) is 48.0 cm³/mol. The molecule has 2 unspecified atom stereocenters. The number of nitrogens with zero attached hydrogens (tertiary/aromatic N) is 1. The molecule has 2 saturated carbocycles. The van der Waals surface area contributed by atoms with Crippen molar-refractivity contribution in [2.45, 2.75) is 31.7 Å². The fraction of sp³-hybridized carbons (Fsp3) is 0.700. The summed E-state index contributed by atoms with van der Waals surface area (Å²) in [5.41, 5.74) is 5.44. The first-order valence-electron chi connectivity index (χ1n) is 5.01. The molecule has 70 valence electrons. The lowest BCUT2D eigenvalue weighted by molar-refractivity contribution is 0.413. The molecule has 0 amide bonds. The van der Waals surface area contributed by atoms with E-state index in [-0.39, 0.29) is 0 Å². The number of aromatic nitrogens is 1. The first-order chi connectivity index (χ1) is 6.36. The molecule has 3 heteroatoms. The Hall–Kier alpha value is -0.830. The SMILES string of the molecule is NCc1ncc(C2CC3CC3C2)o1. The highest BCUT2D eigenvalue weighted by Gasteiger charge is 2.47. The first-order valence-corrected chi connectivity index (χ1v) is 5.01. The van der Waals surface area contributed by atoms with Crippen molar-refractivity contribution in [1.82, 2.24) is 4.98 Å². The van der Waals surface area contributed by atoms with E-state index in [1.54, 1.807) is 0 Å². The van der Waals surface area contributed by atoms with E-state index in [1.165, 1.54) is 19.3 Å². The van der Waals surface area contributed by atoms with E-state index in [1.807, 2.05) is 6.20 Å². The quantitative estimate of drug-likeness (QED) is 0.749. The second-order valence-corrected chi connectivity index (χ2v) is 4.28. The number of hydrogen-bond acceptors (Lipinski definition) is 3. The van der Waals surface area contributed by atoms with Crippen LogP contribution < -0.4 is 5.73 Å². The van der Waals surface area contributed by atoms with Gasteiger partial charge in [-0.25, -0.2) is 4.98 Å². The van der Waals surface area contributed by atoms with Crippen LogP contribution in [0.25, 0.3) is 0 Å². The second-order valence-electron chi connectivity index (χ2n) is 4.28. The molecule has 13 heavy (non-hydrogen) atoms. The summed E-state index contributed by atoms with van der Waals surface area (Å²) in [5.74, 6) is 4.37. The molecule has 2 N–H and O–H groups in total. The molecule has 0 aromatic carbocycles. The van der Waals surface area contributed by atoms with Crippen LogP contribution in [-0.2, 0) is 6.54 Å². The van der Waals surface area contributed by atoms with Gasteiger partial charge in [0.2, 0.25) is 5.89 Å². The first kappa shape index (κ1) is 7.56. The average Bonchev–Trinajstić information content (AvgIpc) is 2.67. The summed E-state index contributed by atoms with van der Waals surface area (Å²) in [5, 5.41) is 0. The number of fused-ring (bicyclic) bond motifs is 1. The molecule has 0 spiro atoms. The minimum absolute atomic E-state index is 0.416. The van der Waals surface area contributed by atoms with E-state index in [9.17, 15) is 0 Å². The molecule has 1 aromatic heterocycles. The maximum atomic E-state index is 5.55. The Morgan fingerprint density at radius 3 is 2.77 bits per heavy atom. The molecular formula is C10H14N2O. The van der Waals surface area contributed by atoms with Crippen molar-refractivity contribution < 1.29 is 4.42 Å². The molecule has 2 atom stereocenters. The van der Waals surface area contributed by atoms with Gasteiger partial charge in [0.25, 0.3) is 0 Å². The van der Waals surface area contributed by atoms with Gasteiger partial charge in [-0.1, -0.05) is 0 Å². The van der Waals surface area contributed by atoms with Crippen LogP contribution in [0.4, 0.5) is 0 Å². The highest BCUT2D eigenvalue weighted by molar-refractivity contribution is 5.10. The van der Waals surface area contributed by atoms with Crippen molar-refractivity contribution >= 4 is 0 Å². The van der Waals surface area contributed by atoms with Gasteiger partial charge >= 0.3 is 0 Å². The molecule has 3 rings (SSSR count). The van der Waals surface area contributed by atoms with Crippen molar-refractivity contribution in [2.75, 3.05) is 0 Å². The molecule has 1 heterocycles. The van der Waals surface area contributed by atoms with Crippen LogP contribution in [0.3, 0.4) is 0 Å². The van der Waals surface area contributed by atoms with Crippen LogP contribution in [-0.4, -0.2) is 4.98 Å². The van der Waals surface area contributed by atoms with Gasteiger partial charge in [0.15, 0.2) is 0 Å². The lowest BCUT2D eigenvalue weighted by atomic mass is 10.0. The Kier molecular flexibility index (Phi) is 1.50. The van der Waals surface area contributed by atoms with Crippen molar-refractivity contribution in [2.24, 2.45) is 17.6 Å². The summed E-state index contributed by atoms with van der Waals surface area (Å²) in [6.07, 6.45) is 5.93. The third kappa shape index (κ3) is 1.18. The largest absolute Gasteiger partial charge is 0.444 e. The Labute approximate surface area is 77.3 Å². The van der Waals surface area contributed by atoms with E-state index in [0.29, 0.717) is 18.4 Å². The van der Waals surface area contributed by atoms with Crippen LogP contribution in [0.1, 0.15) is 36.8 Å². The standard InChI is InChI=1S/C10H14N2O/c11-4-10-12-5-9(13-10)8-2-6-1-7(6)3-8/h5-8H,1-4,11H2. The lowest BCUT2D eigenvalue weighted by Gasteiger charge is -2.06. The van der Waals surface area contributed by atoms with Gasteiger partial charge in [0, 0.05) is 5.92 Å². The highest BCUT2D eigenvalue weighted by atomic mass is 16.4. The Morgan fingerprint density at radius 2 is 2.15 bits per heavy atom. The maximum Gasteiger partial charge on any atom is 0.208 e. The fourth-order valence-electron chi connectivity index (χ4n) is 2.55. The summed E-state index contributed by atoms with van der Waals surface area (Å²) < 4.78 is 5.55. The molecular weight excluding hydrogens is 164 g/mol. The predicted octanol–water partition coefficient (Wildman–Crippen LogP) is 1.65. The minimum atomic E-state index is 0.416. The molecule has 3 nitrogen and oxygen atoms in total. The zero-order chi connectivity index (χ0) is 8.84. The van der Waals surface area contributed by atoms with E-state index in [2.05, 4.69) is 4.98 Å². The van der Waals surface area contributed by atoms with Crippen molar-refractivity contribution in [3.05, 3.63) is 17.8 Å². The summed E-state index contributed by atoms with van der Waals surface area (Å²) in [4.78, 5) is 4.13. The van der Waals surface area contributed by atoms with Crippen LogP contribution in [0, 0.1) is 11.8 Å². The third-order valence-electron chi connectivity index (χ3n) is 3.39. The van der Waals surface area contributed by atoms with Gasteiger partial charge in [-0.3, -0.25) is 0 Å². The summed E-state index contributed by atoms with van der Waals surface area (Å²) in [6, 6.07) is 0. The van der Waals surface area contributed by atoms with Crippen LogP contribution in [0.5, 0.6) is 0 Å². The van der Waals surface area contributed by atoms with Crippen molar-refractivity contribution in [1.29, 1.82) is 0 Å². The van der Waals surface area contributed by atoms with E-state index < -0.39 is 0 Å². The topological polar surface area (TPSA) is 52.0 Å². The zero-order valence-electron chi connectivity index (χ0n) is 7.57. The van der Waals surface area contributed by atoms with Crippen molar-refractivity contribution in [3.63, 3.8) is 0 Å². The lowest BCUT2D eigenvalue weighted by Crippen LogP contribution is -1.96. The van der Waals surface area contributed by atoms with E-state index >= 15 is 0 Å². The molecule has 2 aliphatic rings. The van der Waals surface area contributed by atoms with Crippen molar-refractivity contribution in [3.8, 4) is 0 Å². The number of rotatable bonds is 2. The van der Waals surface area contributed by atoms with Gasteiger partial charge < -0.3 is 10.2 Å². The molecule has 0 saturated heterocycles. The Bertz CT molecular complexity index is 310. The summed E-state index contributed by atoms with van der Waals surface area (Å²) in [6.45, 7) is 0.416. The van der Waals surface area contributed by atoms with Gasteiger partial charge in [-0.05, 0) is 31.1 Å². The molecule has 2 aliphatic carbocycles. The summed E-state index contributed by atoms with van der Waals surface area (Å²) in [7, 11) is 0. The monoisotopic (exact) mass is 178 g/mol. The molecule has 1 aromatic rings. The average molecular weight is 178 g/mol. The number of hydrogen-bond donors (Lipinski definition) is 1. The smallest absolute Gasteiger partial charge is 0.208 e. The second kappa shape index (κ2) is 2.58. The zero-order valence-corrected chi connectivity index (χ0v) is 7.57. The molecule has 0 bridgehead atoms. The van der Waals surface area contributed by atoms with E-state index in [4.69, 9.17) is 10.2 Å². The molecule has 0 aliphatic heterocycles. The Balaban J connectivity index is 1.77. The van der Waals surface area contributed by atoms with Gasteiger partial charge in [0.1, 0.15) is 5.76 Å². The van der Waals surface area contributed by atoms with Crippen LogP contribution >= 0.6 is 0 Å². The minimum Gasteiger partial charge on any atom is -0.444 e. The fourth-order valence-corrected chi connectivity index (χ4v) is 2.55. The summed E-state index contributed by atoms with van der Waals surface area (Å²) >= 11 is 0. The van der Waals surface area contributed by atoms with Gasteiger partial charge in [-0.15, -0.1) is 0 Å². The van der Waals surface area contributed by atoms with E-state index in [0.717, 1.165) is 17.6 Å². The highest BCUT2D eigenvalue weighted by Crippen LogP contribution is 2.57. The van der Waals surface area contributed by atoms with Crippen LogP contribution in [0.2, 0.25) is 0 Å². The van der Waals surface area contributed by atoms with Crippen LogP contribution in [0.15, 0.2) is 10.6 Å². The normalized spacial score (nSPS) is 36.2. The number of nitrogens with two attached hydrogens (primary N) is 1. The third-order valence-corrected chi connectivity index (χ3v) is 3.39. The Morgan fingerprint density at radius 1 is 1.38 bits per heavy atom. The number of oxazole rings is 1. The molecule has 0 radical (unpaired) electrons. The van der Waals surface area contributed by atoms with Gasteiger partial charge in [0.05, 0.1) is 12.7 Å².